The van der Waals surface area contributed by atoms with Crippen molar-refractivity contribution >= 4 is 20.5 Å². The quantitative estimate of drug-likeness (QED) is 0.568. The summed E-state index contributed by atoms with van der Waals surface area (Å²) in [5, 5.41) is 0. The monoisotopic (exact) mass is 286 g/mol. The molecule has 2 bridgehead atoms. The van der Waals surface area contributed by atoms with E-state index in [1.165, 1.54) is 0 Å². The zero-order valence-electron chi connectivity index (χ0n) is 11.3. The number of hydrogen-bond donors (Lipinski definition) is 0. The Morgan fingerprint density at radius 3 is 2.89 bits per heavy atom. The summed E-state index contributed by atoms with van der Waals surface area (Å²) in [5.74, 6) is -0.567. The Morgan fingerprint density at radius 2 is 2.21 bits per heavy atom. The van der Waals surface area contributed by atoms with Gasteiger partial charge in [-0.25, -0.2) is 0 Å². The molecule has 5 nitrogen and oxygen atoms in total. The molecule has 0 aromatic rings. The summed E-state index contributed by atoms with van der Waals surface area (Å²) < 4.78 is 16.6. The van der Waals surface area contributed by atoms with Crippen LogP contribution in [0.1, 0.15) is 20.3 Å². The van der Waals surface area contributed by atoms with Crippen molar-refractivity contribution in [2.45, 2.75) is 44.7 Å². The lowest BCUT2D eigenvalue weighted by atomic mass is 9.88. The molecule has 6 heteroatoms. The van der Waals surface area contributed by atoms with Gasteiger partial charge in [-0.05, 0) is 33.1 Å². The van der Waals surface area contributed by atoms with Gasteiger partial charge >= 0.3 is 11.9 Å². The third kappa shape index (κ3) is 1.98. The average molecular weight is 286 g/mol. The molecule has 3 rings (SSSR count). The van der Waals surface area contributed by atoms with Gasteiger partial charge in [-0.1, -0.05) is 0 Å². The van der Waals surface area contributed by atoms with E-state index >= 15 is 0 Å². The van der Waals surface area contributed by atoms with E-state index in [2.05, 4.69) is 6.66 Å². The molecule has 3 saturated heterocycles. The van der Waals surface area contributed by atoms with E-state index < -0.39 is 11.5 Å². The summed E-state index contributed by atoms with van der Waals surface area (Å²) in [6.45, 7) is 5.85. The molecule has 0 saturated carbocycles. The predicted octanol–water partition coefficient (Wildman–Crippen LogP) is 0.945. The van der Waals surface area contributed by atoms with Crippen LogP contribution < -0.4 is 0 Å². The van der Waals surface area contributed by atoms with Gasteiger partial charge in [0.05, 0.1) is 17.4 Å². The van der Waals surface area contributed by atoms with Gasteiger partial charge in [0.1, 0.15) is 6.10 Å². The first-order valence-corrected chi connectivity index (χ1v) is 8.36. The number of carbonyl (C=O) groups is 2. The van der Waals surface area contributed by atoms with E-state index in [0.717, 1.165) is 6.16 Å². The zero-order valence-corrected chi connectivity index (χ0v) is 12.3. The lowest BCUT2D eigenvalue weighted by molar-refractivity contribution is -0.167. The first kappa shape index (κ1) is 13.3. The molecular formula is C13H19O5P. The third-order valence-electron chi connectivity index (χ3n) is 4.20. The van der Waals surface area contributed by atoms with Crippen molar-refractivity contribution in [3.8, 4) is 0 Å². The van der Waals surface area contributed by atoms with Gasteiger partial charge in [0, 0.05) is 0 Å². The molecular weight excluding hydrogens is 267 g/mol. The second-order valence-corrected chi connectivity index (χ2v) is 7.23. The maximum absolute atomic E-state index is 12.2. The SMILES string of the molecule is CPCC(C)(C)C(=O)OC1C2CC3C(=O)OC1C3O2. The van der Waals surface area contributed by atoms with E-state index in [1.54, 1.807) is 0 Å². The van der Waals surface area contributed by atoms with Crippen molar-refractivity contribution in [1.82, 2.24) is 0 Å². The van der Waals surface area contributed by atoms with Crippen LogP contribution in [0.25, 0.3) is 0 Å². The third-order valence-corrected chi connectivity index (χ3v) is 5.44. The van der Waals surface area contributed by atoms with Crippen LogP contribution in [0, 0.1) is 11.3 Å². The second-order valence-electron chi connectivity index (χ2n) is 6.17. The number of fused-ring (bicyclic) bond motifs is 1. The summed E-state index contributed by atoms with van der Waals surface area (Å²) in [6, 6.07) is 0. The zero-order chi connectivity index (χ0) is 13.8. The Balaban J connectivity index is 1.69. The van der Waals surface area contributed by atoms with Gasteiger partial charge in [-0.2, -0.15) is 0 Å². The van der Waals surface area contributed by atoms with Crippen molar-refractivity contribution in [3.63, 3.8) is 0 Å². The van der Waals surface area contributed by atoms with Crippen molar-refractivity contribution in [3.05, 3.63) is 0 Å². The molecule has 0 aromatic carbocycles. The maximum atomic E-state index is 12.2. The Morgan fingerprint density at radius 1 is 1.47 bits per heavy atom. The minimum absolute atomic E-state index is 0.143. The fourth-order valence-electron chi connectivity index (χ4n) is 3.18. The van der Waals surface area contributed by atoms with Crippen LogP contribution in [-0.4, -0.2) is 49.2 Å². The van der Waals surface area contributed by atoms with Crippen molar-refractivity contribution in [2.24, 2.45) is 11.3 Å². The Bertz CT molecular complexity index is 421. The molecule has 0 amide bonds. The van der Waals surface area contributed by atoms with Gasteiger partial charge < -0.3 is 14.2 Å². The van der Waals surface area contributed by atoms with E-state index in [0.29, 0.717) is 15.0 Å². The highest BCUT2D eigenvalue weighted by Crippen LogP contribution is 2.47. The Labute approximate surface area is 114 Å². The second kappa shape index (κ2) is 4.42. The van der Waals surface area contributed by atoms with E-state index in [-0.39, 0.29) is 36.2 Å². The molecule has 6 unspecified atom stereocenters. The fourth-order valence-corrected chi connectivity index (χ4v) is 4.21. The molecule has 3 fully saturated rings. The van der Waals surface area contributed by atoms with Gasteiger partial charge in [0.2, 0.25) is 0 Å². The van der Waals surface area contributed by atoms with Crippen molar-refractivity contribution in [2.75, 3.05) is 12.8 Å². The molecule has 0 radical (unpaired) electrons. The molecule has 0 spiro atoms. The maximum Gasteiger partial charge on any atom is 0.312 e. The molecule has 3 heterocycles. The van der Waals surface area contributed by atoms with Crippen LogP contribution in [0.15, 0.2) is 0 Å². The van der Waals surface area contributed by atoms with Crippen molar-refractivity contribution in [1.29, 1.82) is 0 Å². The van der Waals surface area contributed by atoms with E-state index in [4.69, 9.17) is 14.2 Å². The fraction of sp³-hybridized carbons (Fsp3) is 0.846. The summed E-state index contributed by atoms with van der Waals surface area (Å²) in [6.07, 6.45) is 0.246. The smallest absolute Gasteiger partial charge is 0.312 e. The Kier molecular flexibility index (Phi) is 3.10. The molecule has 0 N–H and O–H groups in total. The molecule has 106 valence electrons. The topological polar surface area (TPSA) is 61.8 Å². The van der Waals surface area contributed by atoms with Crippen LogP contribution in [-0.2, 0) is 23.8 Å². The molecule has 3 aliphatic heterocycles. The van der Waals surface area contributed by atoms with Gasteiger partial charge in [-0.15, -0.1) is 8.58 Å². The van der Waals surface area contributed by atoms with Crippen LogP contribution in [0.5, 0.6) is 0 Å². The first-order chi connectivity index (χ1) is 8.94. The number of esters is 2. The highest BCUT2D eigenvalue weighted by molar-refractivity contribution is 7.37. The molecule has 0 aliphatic carbocycles. The minimum Gasteiger partial charge on any atom is -0.455 e. The van der Waals surface area contributed by atoms with E-state index in [9.17, 15) is 9.59 Å². The van der Waals surface area contributed by atoms with Crippen LogP contribution >= 0.6 is 8.58 Å². The lowest BCUT2D eigenvalue weighted by Crippen LogP contribution is -2.43. The standard InChI is InChI=1S/C13H19O5P/c1-13(2,5-19-3)12(15)18-9-7-4-6-8(16-7)10(9)17-11(6)14/h6-10,19H,4-5H2,1-3H3. The van der Waals surface area contributed by atoms with Gasteiger partial charge in [0.25, 0.3) is 0 Å². The largest absolute Gasteiger partial charge is 0.455 e. The number of rotatable bonds is 4. The minimum atomic E-state index is -0.489. The van der Waals surface area contributed by atoms with Gasteiger partial charge in [-0.3, -0.25) is 9.59 Å². The molecule has 0 aromatic heterocycles. The molecule has 3 aliphatic rings. The summed E-state index contributed by atoms with van der Waals surface area (Å²) in [7, 11) is 0.699. The molecule has 19 heavy (non-hydrogen) atoms. The number of hydrogen-bond acceptors (Lipinski definition) is 5. The number of ether oxygens (including phenoxy) is 3. The first-order valence-electron chi connectivity index (χ1n) is 6.65. The van der Waals surface area contributed by atoms with Gasteiger partial charge in [0.15, 0.2) is 12.2 Å². The normalized spacial score (nSPS) is 40.2. The highest BCUT2D eigenvalue weighted by atomic mass is 31.1. The highest BCUT2D eigenvalue weighted by Gasteiger charge is 2.65. The summed E-state index contributed by atoms with van der Waals surface area (Å²) >= 11 is 0. The summed E-state index contributed by atoms with van der Waals surface area (Å²) in [4.78, 5) is 23.8. The van der Waals surface area contributed by atoms with Crippen LogP contribution in [0.3, 0.4) is 0 Å². The molecule has 6 atom stereocenters. The van der Waals surface area contributed by atoms with Crippen molar-refractivity contribution < 1.29 is 23.8 Å². The van der Waals surface area contributed by atoms with E-state index in [1.807, 2.05) is 13.8 Å². The number of carbonyl (C=O) groups excluding carboxylic acids is 2. The average Bonchev–Trinajstić information content (AvgIpc) is 2.93. The van der Waals surface area contributed by atoms with Crippen LogP contribution in [0.4, 0.5) is 0 Å². The van der Waals surface area contributed by atoms with Crippen LogP contribution in [0.2, 0.25) is 0 Å². The summed E-state index contributed by atoms with van der Waals surface area (Å²) in [5.41, 5.74) is -0.489. The Hall–Kier alpha value is -0.670. The lowest BCUT2D eigenvalue weighted by Gasteiger charge is -2.28. The predicted molar refractivity (Wildman–Crippen MR) is 69.4 cm³/mol.